The second-order valence-electron chi connectivity index (χ2n) is 7.97. The van der Waals surface area contributed by atoms with Crippen molar-refractivity contribution in [2.75, 3.05) is 19.7 Å². The molecule has 5 nitrogen and oxygen atoms in total. The van der Waals surface area contributed by atoms with Crippen molar-refractivity contribution in [2.24, 2.45) is 0 Å². The van der Waals surface area contributed by atoms with Crippen LogP contribution in [0, 0.1) is 6.92 Å². The highest BCUT2D eigenvalue weighted by Gasteiger charge is 2.30. The number of piperidine rings is 1. The third kappa shape index (κ3) is 4.25. The van der Waals surface area contributed by atoms with Gasteiger partial charge >= 0.3 is 5.69 Å². The Kier molecular flexibility index (Phi) is 6.66. The van der Waals surface area contributed by atoms with E-state index in [1.165, 1.54) is 31.2 Å². The molecule has 2 aromatic rings. The lowest BCUT2D eigenvalue weighted by molar-refractivity contribution is 0.00796. The highest BCUT2D eigenvalue weighted by molar-refractivity contribution is 5.85. The number of aromatic amines is 1. The molecule has 0 spiro atoms. The predicted molar refractivity (Wildman–Crippen MR) is 112 cm³/mol. The fraction of sp³-hybridized carbons (Fsp3) is 0.667. The first-order chi connectivity index (χ1) is 12.7. The molecule has 1 N–H and O–H groups in total. The first-order valence-electron chi connectivity index (χ1n) is 10.2. The molecule has 1 aromatic heterocycles. The van der Waals surface area contributed by atoms with Crippen LogP contribution in [0.1, 0.15) is 57.1 Å². The number of rotatable bonds is 4. The van der Waals surface area contributed by atoms with E-state index in [4.69, 9.17) is 4.74 Å². The standard InChI is InChI=1S/C21H31N3O2.ClH/c1-3-26-18-7-5-16(6-8-18)23-12-10-17(11-13-23)24-20-14-15(2)4-9-19(20)22-21(24)25;/h4,9,14,16-18H,3,5-8,10-13H2,1-2H3,(H,22,25);1H/t16-,18-;. The molecule has 1 aromatic carbocycles. The Labute approximate surface area is 167 Å². The highest BCUT2D eigenvalue weighted by Crippen LogP contribution is 2.31. The number of fused-ring (bicyclic) bond motifs is 1. The van der Waals surface area contributed by atoms with Crippen LogP contribution in [0.4, 0.5) is 0 Å². The summed E-state index contributed by atoms with van der Waals surface area (Å²) in [6, 6.07) is 7.23. The van der Waals surface area contributed by atoms with E-state index in [0.29, 0.717) is 18.2 Å². The molecule has 6 heteroatoms. The number of H-pyrrole nitrogens is 1. The molecule has 1 aliphatic carbocycles. The summed E-state index contributed by atoms with van der Waals surface area (Å²) in [7, 11) is 0. The summed E-state index contributed by atoms with van der Waals surface area (Å²) in [5.74, 6) is 0. The van der Waals surface area contributed by atoms with Gasteiger partial charge in [0.2, 0.25) is 0 Å². The molecule has 1 aliphatic heterocycles. The molecule has 27 heavy (non-hydrogen) atoms. The molecule has 0 amide bonds. The maximum Gasteiger partial charge on any atom is 0.326 e. The van der Waals surface area contributed by atoms with Crippen LogP contribution >= 0.6 is 12.4 Å². The van der Waals surface area contributed by atoms with Crippen molar-refractivity contribution in [3.63, 3.8) is 0 Å². The van der Waals surface area contributed by atoms with Crippen LogP contribution in [0.3, 0.4) is 0 Å². The Morgan fingerprint density at radius 1 is 1.07 bits per heavy atom. The molecule has 0 bridgehead atoms. The summed E-state index contributed by atoms with van der Waals surface area (Å²) in [6.45, 7) is 7.20. The van der Waals surface area contributed by atoms with Crippen molar-refractivity contribution in [3.05, 3.63) is 34.2 Å². The van der Waals surface area contributed by atoms with Gasteiger partial charge < -0.3 is 14.6 Å². The zero-order valence-corrected chi connectivity index (χ0v) is 17.3. The van der Waals surface area contributed by atoms with Crippen LogP contribution in [-0.4, -0.2) is 46.3 Å². The minimum atomic E-state index is 0. The largest absolute Gasteiger partial charge is 0.379 e. The van der Waals surface area contributed by atoms with Crippen LogP contribution in [0.2, 0.25) is 0 Å². The van der Waals surface area contributed by atoms with Gasteiger partial charge in [-0.05, 0) is 70.1 Å². The van der Waals surface area contributed by atoms with E-state index in [2.05, 4.69) is 35.9 Å². The van der Waals surface area contributed by atoms with Crippen LogP contribution in [-0.2, 0) is 4.74 Å². The van der Waals surface area contributed by atoms with Gasteiger partial charge in [0.1, 0.15) is 0 Å². The van der Waals surface area contributed by atoms with Crippen LogP contribution < -0.4 is 5.69 Å². The zero-order valence-electron chi connectivity index (χ0n) is 16.4. The summed E-state index contributed by atoms with van der Waals surface area (Å²) in [5.41, 5.74) is 3.26. The normalized spacial score (nSPS) is 24.8. The summed E-state index contributed by atoms with van der Waals surface area (Å²) >= 11 is 0. The summed E-state index contributed by atoms with van der Waals surface area (Å²) in [5, 5.41) is 0. The van der Waals surface area contributed by atoms with E-state index in [0.717, 1.165) is 43.6 Å². The van der Waals surface area contributed by atoms with Crippen molar-refractivity contribution in [3.8, 4) is 0 Å². The van der Waals surface area contributed by atoms with Gasteiger partial charge in [0, 0.05) is 31.8 Å². The topological polar surface area (TPSA) is 50.3 Å². The monoisotopic (exact) mass is 393 g/mol. The molecule has 2 aliphatic rings. The quantitative estimate of drug-likeness (QED) is 0.852. The molecule has 4 rings (SSSR count). The molecule has 0 atom stereocenters. The Balaban J connectivity index is 0.00000210. The van der Waals surface area contributed by atoms with Gasteiger partial charge in [0.05, 0.1) is 17.1 Å². The van der Waals surface area contributed by atoms with Gasteiger partial charge in [-0.3, -0.25) is 4.57 Å². The van der Waals surface area contributed by atoms with Crippen molar-refractivity contribution in [2.45, 2.75) is 70.6 Å². The molecule has 2 heterocycles. The van der Waals surface area contributed by atoms with Crippen LogP contribution in [0.5, 0.6) is 0 Å². The van der Waals surface area contributed by atoms with E-state index in [9.17, 15) is 4.79 Å². The third-order valence-electron chi connectivity index (χ3n) is 6.30. The fourth-order valence-corrected chi connectivity index (χ4v) is 4.92. The number of aryl methyl sites for hydroxylation is 1. The Hall–Kier alpha value is -1.30. The average molecular weight is 394 g/mol. The van der Waals surface area contributed by atoms with Gasteiger partial charge in [-0.15, -0.1) is 12.4 Å². The number of benzene rings is 1. The fourth-order valence-electron chi connectivity index (χ4n) is 4.92. The van der Waals surface area contributed by atoms with E-state index in [-0.39, 0.29) is 18.1 Å². The van der Waals surface area contributed by atoms with Crippen molar-refractivity contribution >= 4 is 23.4 Å². The lowest BCUT2D eigenvalue weighted by Gasteiger charge is -2.40. The Bertz CT molecular complexity index is 799. The summed E-state index contributed by atoms with van der Waals surface area (Å²) in [4.78, 5) is 18.2. The molecular weight excluding hydrogens is 362 g/mol. The lowest BCUT2D eigenvalue weighted by atomic mass is 9.90. The van der Waals surface area contributed by atoms with Gasteiger partial charge in [-0.25, -0.2) is 4.79 Å². The predicted octanol–water partition coefficient (Wildman–Crippen LogP) is 4.04. The molecule has 150 valence electrons. The van der Waals surface area contributed by atoms with Crippen LogP contribution in [0.15, 0.2) is 23.0 Å². The second-order valence-corrected chi connectivity index (χ2v) is 7.97. The summed E-state index contributed by atoms with van der Waals surface area (Å²) in [6.07, 6.45) is 7.49. The number of imidazole rings is 1. The molecule has 1 saturated carbocycles. The molecular formula is C21H32ClN3O2. The van der Waals surface area contributed by atoms with Crippen molar-refractivity contribution in [1.82, 2.24) is 14.5 Å². The van der Waals surface area contributed by atoms with Crippen molar-refractivity contribution < 1.29 is 4.74 Å². The average Bonchev–Trinajstić information content (AvgIpc) is 2.98. The van der Waals surface area contributed by atoms with Gasteiger partial charge in [-0.2, -0.15) is 0 Å². The van der Waals surface area contributed by atoms with Crippen LogP contribution in [0.25, 0.3) is 11.0 Å². The minimum Gasteiger partial charge on any atom is -0.379 e. The number of hydrogen-bond acceptors (Lipinski definition) is 3. The number of hydrogen-bond donors (Lipinski definition) is 1. The maximum atomic E-state index is 12.5. The third-order valence-corrected chi connectivity index (χ3v) is 6.30. The molecule has 1 saturated heterocycles. The van der Waals surface area contributed by atoms with E-state index < -0.39 is 0 Å². The van der Waals surface area contributed by atoms with E-state index >= 15 is 0 Å². The number of nitrogens with one attached hydrogen (secondary N) is 1. The van der Waals surface area contributed by atoms with E-state index in [1.807, 2.05) is 10.6 Å². The molecule has 0 radical (unpaired) electrons. The van der Waals surface area contributed by atoms with Gasteiger partial charge in [0.25, 0.3) is 0 Å². The minimum absolute atomic E-state index is 0. The maximum absolute atomic E-state index is 12.5. The lowest BCUT2D eigenvalue weighted by Crippen LogP contribution is -2.45. The highest BCUT2D eigenvalue weighted by atomic mass is 35.5. The number of likely N-dealkylation sites (tertiary alicyclic amines) is 1. The summed E-state index contributed by atoms with van der Waals surface area (Å²) < 4.78 is 7.79. The number of halogens is 1. The Morgan fingerprint density at radius 2 is 1.78 bits per heavy atom. The number of ether oxygens (including phenoxy) is 1. The number of aromatic nitrogens is 2. The Morgan fingerprint density at radius 3 is 2.44 bits per heavy atom. The van der Waals surface area contributed by atoms with Gasteiger partial charge in [0.15, 0.2) is 0 Å². The SMILES string of the molecule is CCO[C@H]1CC[C@H](N2CCC(n3c(=O)[nH]c4ccc(C)cc43)CC2)CC1.Cl. The molecule has 2 fully saturated rings. The zero-order chi connectivity index (χ0) is 18.1. The number of nitrogens with zero attached hydrogens (tertiary/aromatic N) is 2. The van der Waals surface area contributed by atoms with E-state index in [1.54, 1.807) is 0 Å². The first kappa shape index (κ1) is 20.4. The molecule has 0 unspecified atom stereocenters. The second kappa shape index (κ2) is 8.80. The smallest absolute Gasteiger partial charge is 0.326 e. The van der Waals surface area contributed by atoms with Crippen molar-refractivity contribution in [1.29, 1.82) is 0 Å². The first-order valence-corrected chi connectivity index (χ1v) is 10.2. The van der Waals surface area contributed by atoms with Gasteiger partial charge in [-0.1, -0.05) is 6.07 Å².